The van der Waals surface area contributed by atoms with E-state index in [4.69, 9.17) is 10.5 Å². The monoisotopic (exact) mass is 415 g/mol. The van der Waals surface area contributed by atoms with Gasteiger partial charge in [-0.1, -0.05) is 38.0 Å². The highest BCUT2D eigenvalue weighted by molar-refractivity contribution is 5.82. The third kappa shape index (κ3) is 4.27. The van der Waals surface area contributed by atoms with Gasteiger partial charge >= 0.3 is 0 Å². The second-order valence-corrected chi connectivity index (χ2v) is 8.20. The van der Waals surface area contributed by atoms with Crippen LogP contribution in [0.5, 0.6) is 0 Å². The number of imidazole rings is 1. The molecule has 0 bridgehead atoms. The second kappa shape index (κ2) is 9.27. The number of hydrogen-bond donors (Lipinski definition) is 4. The highest BCUT2D eigenvalue weighted by Gasteiger charge is 2.44. The van der Waals surface area contributed by atoms with E-state index in [-0.39, 0.29) is 5.82 Å². The van der Waals surface area contributed by atoms with Crippen LogP contribution in [0, 0.1) is 17.8 Å². The number of fused-ring (bicyclic) bond motifs is 1. The molecular weight excluding hydrogens is 386 g/mol. The van der Waals surface area contributed by atoms with Crippen LogP contribution >= 0.6 is 0 Å². The molecule has 3 heterocycles. The molecule has 9 nitrogen and oxygen atoms in total. The summed E-state index contributed by atoms with van der Waals surface area (Å²) in [7, 11) is 0. The number of nitrogens with zero attached hydrogens (tertiary/aromatic N) is 4. The van der Waals surface area contributed by atoms with Gasteiger partial charge in [0.2, 0.25) is 5.82 Å². The van der Waals surface area contributed by atoms with Crippen molar-refractivity contribution in [3.05, 3.63) is 12.2 Å². The first-order chi connectivity index (χ1) is 14.6. The molecule has 4 atom stereocenters. The largest absolute Gasteiger partial charge is 0.394 e. The maximum atomic E-state index is 10.3. The average Bonchev–Trinajstić information content (AvgIpc) is 3.25. The van der Waals surface area contributed by atoms with Crippen LogP contribution in [0.15, 0.2) is 6.33 Å². The van der Waals surface area contributed by atoms with Crippen LogP contribution in [-0.4, -0.2) is 59.8 Å². The van der Waals surface area contributed by atoms with E-state index in [2.05, 4.69) is 26.8 Å². The molecule has 0 aromatic carbocycles. The molecule has 2 aliphatic rings. The third-order valence-corrected chi connectivity index (χ3v) is 6.06. The smallest absolute Gasteiger partial charge is 0.208 e. The molecule has 0 amide bonds. The number of anilines is 1. The predicted octanol–water partition coefficient (Wildman–Crippen LogP) is 1.12. The first-order valence-corrected chi connectivity index (χ1v) is 10.7. The molecule has 0 radical (unpaired) electrons. The van der Waals surface area contributed by atoms with Crippen molar-refractivity contribution in [3.8, 4) is 11.8 Å². The Kier molecular flexibility index (Phi) is 6.49. The lowest BCUT2D eigenvalue weighted by Gasteiger charge is -2.17. The van der Waals surface area contributed by atoms with E-state index in [1.165, 1.54) is 55.8 Å². The van der Waals surface area contributed by atoms with E-state index >= 15 is 0 Å². The molecular formula is C21H29N5O4. The number of hydrogen-bond acceptors (Lipinski definition) is 8. The Hall–Kier alpha value is -2.25. The van der Waals surface area contributed by atoms with E-state index in [1.807, 2.05) is 0 Å². The van der Waals surface area contributed by atoms with Crippen LogP contribution in [-0.2, 0) is 4.74 Å². The summed E-state index contributed by atoms with van der Waals surface area (Å²) in [5, 5.41) is 29.7. The van der Waals surface area contributed by atoms with Crippen molar-refractivity contribution in [3.63, 3.8) is 0 Å². The van der Waals surface area contributed by atoms with Crippen LogP contribution in [0.3, 0.4) is 0 Å². The van der Waals surface area contributed by atoms with E-state index in [9.17, 15) is 15.3 Å². The number of aliphatic hydroxyl groups is 3. The van der Waals surface area contributed by atoms with E-state index < -0.39 is 31.1 Å². The summed E-state index contributed by atoms with van der Waals surface area (Å²) in [6.07, 6.45) is 6.92. The first-order valence-electron chi connectivity index (χ1n) is 10.7. The number of aromatic nitrogens is 4. The highest BCUT2D eigenvalue weighted by Crippen LogP contribution is 2.32. The molecule has 162 valence electrons. The van der Waals surface area contributed by atoms with Crippen LogP contribution < -0.4 is 5.73 Å². The molecule has 4 rings (SSSR count). The number of ether oxygens (including phenoxy) is 1. The van der Waals surface area contributed by atoms with E-state index in [1.54, 1.807) is 0 Å². The van der Waals surface area contributed by atoms with Gasteiger partial charge in [-0.2, -0.15) is 0 Å². The molecule has 2 aromatic heterocycles. The van der Waals surface area contributed by atoms with Crippen molar-refractivity contribution in [2.24, 2.45) is 5.92 Å². The Balaban J connectivity index is 1.55. The van der Waals surface area contributed by atoms with Gasteiger partial charge in [-0.15, -0.1) is 0 Å². The Morgan fingerprint density at radius 2 is 1.83 bits per heavy atom. The third-order valence-electron chi connectivity index (χ3n) is 6.06. The summed E-state index contributed by atoms with van der Waals surface area (Å²) in [6, 6.07) is 0. The van der Waals surface area contributed by atoms with Gasteiger partial charge in [0.05, 0.1) is 12.9 Å². The molecule has 30 heavy (non-hydrogen) atoms. The van der Waals surface area contributed by atoms with Crippen LogP contribution in [0.2, 0.25) is 0 Å². The van der Waals surface area contributed by atoms with Gasteiger partial charge in [0.1, 0.15) is 23.8 Å². The minimum absolute atomic E-state index is 0.195. The summed E-state index contributed by atoms with van der Waals surface area (Å²) < 4.78 is 7.08. The fourth-order valence-corrected chi connectivity index (χ4v) is 4.31. The number of rotatable bonds is 3. The topological polar surface area (TPSA) is 140 Å². The van der Waals surface area contributed by atoms with Crippen molar-refractivity contribution in [2.75, 3.05) is 12.3 Å². The zero-order valence-electron chi connectivity index (χ0n) is 16.9. The standard InChI is InChI=1S/C21H29N5O4/c22-19-16-20(26(12-23-16)21-18(29)17(28)14(11-27)30-21)25-15(24-19)10-6-9-13-7-4-2-1-3-5-8-13/h12-14,17-18,21,27-29H,1-5,7-9,11H2,(H2,22,24,25)/t14-,17-,18-,21-/m1/s1. The van der Waals surface area contributed by atoms with Gasteiger partial charge in [-0.05, 0) is 24.7 Å². The Morgan fingerprint density at radius 1 is 1.10 bits per heavy atom. The van der Waals surface area contributed by atoms with Crippen LogP contribution in [0.4, 0.5) is 5.82 Å². The summed E-state index contributed by atoms with van der Waals surface area (Å²) in [5.74, 6) is 7.33. The molecule has 1 aliphatic carbocycles. The Labute approximate surface area is 175 Å². The number of nitrogen functional groups attached to an aromatic ring is 1. The molecule has 9 heteroatoms. The molecule has 1 saturated carbocycles. The predicted molar refractivity (Wildman–Crippen MR) is 110 cm³/mol. The van der Waals surface area contributed by atoms with Crippen molar-refractivity contribution < 1.29 is 20.1 Å². The highest BCUT2D eigenvalue weighted by atomic mass is 16.6. The fourth-order valence-electron chi connectivity index (χ4n) is 4.31. The summed E-state index contributed by atoms with van der Waals surface area (Å²) in [6.45, 7) is -0.406. The number of nitrogens with two attached hydrogens (primary N) is 1. The molecule has 0 unspecified atom stereocenters. The Morgan fingerprint density at radius 3 is 2.53 bits per heavy atom. The summed E-state index contributed by atoms with van der Waals surface area (Å²) >= 11 is 0. The van der Waals surface area contributed by atoms with Gasteiger partial charge in [0.15, 0.2) is 17.7 Å². The number of aliphatic hydroxyl groups excluding tert-OH is 3. The lowest BCUT2D eigenvalue weighted by Crippen LogP contribution is -2.33. The average molecular weight is 415 g/mol. The van der Waals surface area contributed by atoms with Crippen LogP contribution in [0.25, 0.3) is 11.2 Å². The maximum absolute atomic E-state index is 10.3. The van der Waals surface area contributed by atoms with Gasteiger partial charge in [0.25, 0.3) is 0 Å². The van der Waals surface area contributed by atoms with Gasteiger partial charge in [0, 0.05) is 6.42 Å². The molecule has 2 aromatic rings. The van der Waals surface area contributed by atoms with E-state index in [0.717, 1.165) is 6.42 Å². The van der Waals surface area contributed by atoms with Crippen molar-refractivity contribution >= 4 is 17.0 Å². The lowest BCUT2D eigenvalue weighted by atomic mass is 9.89. The minimum atomic E-state index is -1.23. The normalized spacial score (nSPS) is 28.1. The fraction of sp³-hybridized carbons (Fsp3) is 0.667. The van der Waals surface area contributed by atoms with E-state index in [0.29, 0.717) is 22.9 Å². The zero-order valence-corrected chi connectivity index (χ0v) is 16.9. The maximum Gasteiger partial charge on any atom is 0.208 e. The molecule has 1 aliphatic heterocycles. The summed E-state index contributed by atoms with van der Waals surface area (Å²) in [4.78, 5) is 12.9. The van der Waals surface area contributed by atoms with Gasteiger partial charge in [-0.25, -0.2) is 15.0 Å². The molecule has 5 N–H and O–H groups in total. The molecule has 0 spiro atoms. The van der Waals surface area contributed by atoms with Gasteiger partial charge < -0.3 is 25.8 Å². The minimum Gasteiger partial charge on any atom is -0.394 e. The quantitative estimate of drug-likeness (QED) is 0.547. The summed E-state index contributed by atoms with van der Waals surface area (Å²) in [5.41, 5.74) is 6.79. The van der Waals surface area contributed by atoms with Crippen molar-refractivity contribution in [2.45, 2.75) is 75.9 Å². The Bertz CT molecular complexity index is 929. The van der Waals surface area contributed by atoms with Crippen molar-refractivity contribution in [1.82, 2.24) is 19.5 Å². The van der Waals surface area contributed by atoms with Crippen molar-refractivity contribution in [1.29, 1.82) is 0 Å². The lowest BCUT2D eigenvalue weighted by molar-refractivity contribution is -0.0511. The molecule has 1 saturated heterocycles. The second-order valence-electron chi connectivity index (χ2n) is 8.20. The van der Waals surface area contributed by atoms with Gasteiger partial charge in [-0.3, -0.25) is 4.57 Å². The zero-order chi connectivity index (χ0) is 21.1. The first kappa shape index (κ1) is 21.0. The SMILES string of the molecule is Nc1nc(C#CCC2CCCCCCC2)nc2c1ncn2[C@@H]1O[C@H](CO)[C@@H](O)[C@H]1O. The van der Waals surface area contributed by atoms with Crippen LogP contribution in [0.1, 0.15) is 63.4 Å². The molecule has 2 fully saturated rings.